The average molecular weight is 336 g/mol. The number of carbonyl (C=O) groups excluding carboxylic acids is 1. The number of unbranched alkanes of at least 4 members (excludes halogenated alkanes) is 2. The van der Waals surface area contributed by atoms with Crippen LogP contribution in [-0.2, 0) is 9.53 Å². The first kappa shape index (κ1) is 19.0. The van der Waals surface area contributed by atoms with E-state index in [2.05, 4.69) is 13.8 Å². The zero-order valence-corrected chi connectivity index (χ0v) is 15.3. The van der Waals surface area contributed by atoms with Gasteiger partial charge in [0.1, 0.15) is 6.10 Å². The van der Waals surface area contributed by atoms with E-state index >= 15 is 0 Å². The summed E-state index contributed by atoms with van der Waals surface area (Å²) in [7, 11) is 0. The van der Waals surface area contributed by atoms with E-state index in [9.17, 15) is 4.79 Å². The fourth-order valence-electron chi connectivity index (χ4n) is 2.85. The van der Waals surface area contributed by atoms with Gasteiger partial charge in [-0.15, -0.1) is 0 Å². The summed E-state index contributed by atoms with van der Waals surface area (Å²) in [6.07, 6.45) is 6.90. The van der Waals surface area contributed by atoms with Crippen molar-refractivity contribution in [1.29, 1.82) is 0 Å². The first-order valence-corrected chi connectivity index (χ1v) is 9.27. The van der Waals surface area contributed by atoms with E-state index in [1.165, 1.54) is 12.8 Å². The molecular weight excluding hydrogens is 308 g/mol. The largest absolute Gasteiger partial charge is 0.459 e. The van der Waals surface area contributed by atoms with Crippen molar-refractivity contribution in [3.63, 3.8) is 0 Å². The Kier molecular flexibility index (Phi) is 7.97. The second kappa shape index (κ2) is 10.5. The third-order valence-corrected chi connectivity index (χ3v) is 4.30. The minimum absolute atomic E-state index is 0.00287. The topological polar surface area (TPSA) is 26.3 Å². The first-order valence-electron chi connectivity index (χ1n) is 9.27. The highest BCUT2D eigenvalue weighted by Gasteiger charge is 2.13. The lowest BCUT2D eigenvalue weighted by Crippen LogP contribution is -2.16. The molecule has 0 aliphatic heterocycles. The van der Waals surface area contributed by atoms with Crippen molar-refractivity contribution in [2.45, 2.75) is 52.1 Å². The Hall–Kier alpha value is -2.35. The molecule has 132 valence electrons. The van der Waals surface area contributed by atoms with Crippen molar-refractivity contribution in [1.82, 2.24) is 0 Å². The van der Waals surface area contributed by atoms with Gasteiger partial charge in [-0.25, -0.2) is 4.79 Å². The van der Waals surface area contributed by atoms with Crippen molar-refractivity contribution in [2.24, 2.45) is 0 Å². The molecule has 2 aromatic carbocycles. The Bertz CT molecular complexity index is 618. The molecule has 0 aliphatic rings. The van der Waals surface area contributed by atoms with Crippen molar-refractivity contribution >= 4 is 11.5 Å². The lowest BCUT2D eigenvalue weighted by Gasteiger charge is -2.16. The SMILES string of the molecule is CCCCCC(CC)OC(=O)C=C(c1ccccc1)c1ccccc1. The van der Waals surface area contributed by atoms with Crippen molar-refractivity contribution in [3.05, 3.63) is 77.9 Å². The van der Waals surface area contributed by atoms with Crippen LogP contribution in [0, 0.1) is 0 Å². The maximum atomic E-state index is 12.5. The summed E-state index contributed by atoms with van der Waals surface area (Å²) < 4.78 is 5.70. The van der Waals surface area contributed by atoms with Crippen LogP contribution in [0.15, 0.2) is 66.7 Å². The van der Waals surface area contributed by atoms with Crippen molar-refractivity contribution in [2.75, 3.05) is 0 Å². The fourth-order valence-corrected chi connectivity index (χ4v) is 2.85. The number of ether oxygens (including phenoxy) is 1. The van der Waals surface area contributed by atoms with E-state index in [0.717, 1.165) is 36.0 Å². The minimum Gasteiger partial charge on any atom is -0.459 e. The Balaban J connectivity index is 2.17. The molecule has 0 saturated carbocycles. The summed E-state index contributed by atoms with van der Waals surface area (Å²) in [4.78, 5) is 12.5. The molecule has 2 rings (SSSR count). The molecule has 0 heterocycles. The monoisotopic (exact) mass is 336 g/mol. The van der Waals surface area contributed by atoms with Gasteiger partial charge in [0.15, 0.2) is 0 Å². The van der Waals surface area contributed by atoms with E-state index in [-0.39, 0.29) is 12.1 Å². The predicted octanol–water partition coefficient (Wildman–Crippen LogP) is 6.02. The third-order valence-electron chi connectivity index (χ3n) is 4.30. The van der Waals surface area contributed by atoms with Crippen molar-refractivity contribution in [3.8, 4) is 0 Å². The van der Waals surface area contributed by atoms with Crippen LogP contribution in [0.1, 0.15) is 57.1 Å². The summed E-state index contributed by atoms with van der Waals surface area (Å²) in [5, 5.41) is 0. The van der Waals surface area contributed by atoms with E-state index in [1.54, 1.807) is 6.08 Å². The Morgan fingerprint density at radius 2 is 1.48 bits per heavy atom. The summed E-state index contributed by atoms with van der Waals surface area (Å²) in [6.45, 7) is 4.25. The van der Waals surface area contributed by atoms with Gasteiger partial charge < -0.3 is 4.74 Å². The number of rotatable bonds is 9. The number of carbonyl (C=O) groups is 1. The molecule has 1 unspecified atom stereocenters. The first-order chi connectivity index (χ1) is 12.2. The molecule has 2 heteroatoms. The third kappa shape index (κ3) is 6.22. The predicted molar refractivity (Wildman–Crippen MR) is 104 cm³/mol. The van der Waals surface area contributed by atoms with Crippen LogP contribution >= 0.6 is 0 Å². The van der Waals surface area contributed by atoms with Crippen LogP contribution in [0.2, 0.25) is 0 Å². The number of hydrogen-bond acceptors (Lipinski definition) is 2. The maximum absolute atomic E-state index is 12.5. The summed E-state index contributed by atoms with van der Waals surface area (Å²) in [5.74, 6) is -0.258. The molecule has 0 radical (unpaired) electrons. The molecule has 0 spiro atoms. The molecule has 25 heavy (non-hydrogen) atoms. The smallest absolute Gasteiger partial charge is 0.331 e. The molecule has 2 aromatic rings. The Morgan fingerprint density at radius 1 is 0.920 bits per heavy atom. The molecule has 0 bridgehead atoms. The number of esters is 1. The van der Waals surface area contributed by atoms with Gasteiger partial charge in [0.2, 0.25) is 0 Å². The lowest BCUT2D eigenvalue weighted by atomic mass is 9.97. The molecule has 0 N–H and O–H groups in total. The van der Waals surface area contributed by atoms with Gasteiger partial charge >= 0.3 is 5.97 Å². The highest BCUT2D eigenvalue weighted by atomic mass is 16.5. The Labute approximate surface area is 151 Å². The molecule has 0 saturated heterocycles. The summed E-state index contributed by atoms with van der Waals surface area (Å²) in [6, 6.07) is 20.0. The fraction of sp³-hybridized carbons (Fsp3) is 0.348. The van der Waals surface area contributed by atoms with Gasteiger partial charge in [0.25, 0.3) is 0 Å². The summed E-state index contributed by atoms with van der Waals surface area (Å²) in [5.41, 5.74) is 2.93. The average Bonchev–Trinajstić information content (AvgIpc) is 2.67. The normalized spacial score (nSPS) is 11.6. The highest BCUT2D eigenvalue weighted by Crippen LogP contribution is 2.23. The van der Waals surface area contributed by atoms with Crippen LogP contribution in [0.3, 0.4) is 0 Å². The molecule has 0 aliphatic carbocycles. The van der Waals surface area contributed by atoms with Gasteiger partial charge in [-0.05, 0) is 36.0 Å². The van der Waals surface area contributed by atoms with Gasteiger partial charge in [-0.2, -0.15) is 0 Å². The molecule has 1 atom stereocenters. The minimum atomic E-state index is -0.258. The molecule has 0 amide bonds. The van der Waals surface area contributed by atoms with Crippen LogP contribution in [-0.4, -0.2) is 12.1 Å². The maximum Gasteiger partial charge on any atom is 0.331 e. The van der Waals surface area contributed by atoms with E-state index in [4.69, 9.17) is 4.74 Å². The lowest BCUT2D eigenvalue weighted by molar-refractivity contribution is -0.143. The Morgan fingerprint density at radius 3 is 1.96 bits per heavy atom. The van der Waals surface area contributed by atoms with E-state index in [0.29, 0.717) is 0 Å². The van der Waals surface area contributed by atoms with Crippen LogP contribution < -0.4 is 0 Å². The zero-order chi connectivity index (χ0) is 17.9. The van der Waals surface area contributed by atoms with Gasteiger partial charge in [-0.1, -0.05) is 87.4 Å². The van der Waals surface area contributed by atoms with Crippen LogP contribution in [0.5, 0.6) is 0 Å². The molecular formula is C23H28O2. The molecule has 0 aromatic heterocycles. The van der Waals surface area contributed by atoms with E-state index in [1.807, 2.05) is 60.7 Å². The van der Waals surface area contributed by atoms with Crippen molar-refractivity contribution < 1.29 is 9.53 Å². The highest BCUT2D eigenvalue weighted by molar-refractivity contribution is 5.96. The standard InChI is InChI=1S/C23H28O2/c1-3-5-8-17-21(4-2)25-23(24)18-22(19-13-9-6-10-14-19)20-15-11-7-12-16-20/h6-7,9-16,18,21H,3-5,8,17H2,1-2H3. The van der Waals surface area contributed by atoms with E-state index < -0.39 is 0 Å². The second-order valence-corrected chi connectivity index (χ2v) is 6.25. The second-order valence-electron chi connectivity index (χ2n) is 6.25. The quantitative estimate of drug-likeness (QED) is 0.318. The molecule has 2 nitrogen and oxygen atoms in total. The molecule has 0 fully saturated rings. The van der Waals surface area contributed by atoms with Gasteiger partial charge in [0.05, 0.1) is 0 Å². The number of hydrogen-bond donors (Lipinski definition) is 0. The zero-order valence-electron chi connectivity index (χ0n) is 15.3. The van der Waals surface area contributed by atoms with Crippen LogP contribution in [0.25, 0.3) is 5.57 Å². The van der Waals surface area contributed by atoms with Gasteiger partial charge in [0, 0.05) is 6.08 Å². The number of benzene rings is 2. The van der Waals surface area contributed by atoms with Crippen LogP contribution in [0.4, 0.5) is 0 Å². The summed E-state index contributed by atoms with van der Waals surface area (Å²) >= 11 is 0. The van der Waals surface area contributed by atoms with Gasteiger partial charge in [-0.3, -0.25) is 0 Å².